The van der Waals surface area contributed by atoms with Crippen LogP contribution in [0.25, 0.3) is 49.2 Å². The molecule has 7 nitrogen and oxygen atoms in total. The SMILES string of the molecule is C1=c2c3cc4ccccc4cc3c3n2C24n5c(c6ccccc6c5N=C5c6cc7ccccc7cc6C(=[N+]52)N=3)N=C2c3ccccc3C1=[N+]24. The van der Waals surface area contributed by atoms with Crippen molar-refractivity contribution in [2.24, 2.45) is 15.0 Å². The molecule has 8 heterocycles. The van der Waals surface area contributed by atoms with Crippen LogP contribution in [0, 0.1) is 0 Å². The topological polar surface area (TPSA) is 53.0 Å². The van der Waals surface area contributed by atoms with Crippen LogP contribution >= 0.6 is 0 Å². The maximum atomic E-state index is 5.67. The van der Waals surface area contributed by atoms with Crippen LogP contribution < -0.4 is 10.8 Å². The molecule has 14 rings (SSSR count). The molecule has 1 atom stereocenters. The fourth-order valence-corrected chi connectivity index (χ4v) is 9.57. The van der Waals surface area contributed by atoms with Crippen LogP contribution in [0.3, 0.4) is 0 Å². The number of aromatic nitrogens is 2. The van der Waals surface area contributed by atoms with E-state index in [9.17, 15) is 0 Å². The number of aliphatic imine (C=N–C) groups is 2. The van der Waals surface area contributed by atoms with Gasteiger partial charge < -0.3 is 0 Å². The molecule has 0 radical (unpaired) electrons. The maximum Gasteiger partial charge on any atom is 0.423 e. The Kier molecular flexibility index (Phi) is 3.55. The first kappa shape index (κ1) is 23.6. The minimum atomic E-state index is -0.931. The average molecular weight is 624 g/mol. The highest BCUT2D eigenvalue weighted by molar-refractivity contribution is 6.29. The smallest absolute Gasteiger partial charge is 0.217 e. The highest BCUT2D eigenvalue weighted by atomic mass is 15.7. The van der Waals surface area contributed by atoms with Crippen molar-refractivity contribution in [3.8, 4) is 0 Å². The van der Waals surface area contributed by atoms with Gasteiger partial charge in [0.2, 0.25) is 11.3 Å². The van der Waals surface area contributed by atoms with Gasteiger partial charge in [0.15, 0.2) is 0 Å². The van der Waals surface area contributed by atoms with E-state index in [1.165, 1.54) is 32.5 Å². The Labute approximate surface area is 277 Å². The molecular formula is C42H21N7+2. The molecule has 0 fully saturated rings. The number of nitrogens with zero attached hydrogens (tertiary/aromatic N) is 7. The quantitative estimate of drug-likeness (QED) is 0.180. The third-order valence-corrected chi connectivity index (χ3v) is 11.5. The predicted molar refractivity (Wildman–Crippen MR) is 192 cm³/mol. The van der Waals surface area contributed by atoms with Gasteiger partial charge in [-0.2, -0.15) is 4.57 Å². The summed E-state index contributed by atoms with van der Waals surface area (Å²) in [6, 6.07) is 43.9. The van der Waals surface area contributed by atoms with Gasteiger partial charge in [-0.3, -0.25) is 0 Å². The average Bonchev–Trinajstić information content (AvgIpc) is 3.85. The molecule has 1 unspecified atom stereocenters. The van der Waals surface area contributed by atoms with Crippen molar-refractivity contribution in [2.45, 2.75) is 5.91 Å². The molecule has 8 aromatic rings. The zero-order valence-corrected chi connectivity index (χ0v) is 25.8. The maximum absolute atomic E-state index is 5.67. The van der Waals surface area contributed by atoms with Crippen molar-refractivity contribution in [1.29, 1.82) is 0 Å². The molecule has 6 aliphatic heterocycles. The van der Waals surface area contributed by atoms with Crippen LogP contribution in [0.1, 0.15) is 22.3 Å². The lowest BCUT2D eigenvalue weighted by molar-refractivity contribution is -0.789. The molecule has 222 valence electrons. The van der Waals surface area contributed by atoms with E-state index in [0.717, 1.165) is 78.5 Å². The summed E-state index contributed by atoms with van der Waals surface area (Å²) in [6.07, 6.45) is 2.37. The molecule has 7 heteroatoms. The lowest BCUT2D eigenvalue weighted by Gasteiger charge is -2.40. The van der Waals surface area contributed by atoms with Crippen molar-refractivity contribution in [3.05, 3.63) is 154 Å². The van der Waals surface area contributed by atoms with Gasteiger partial charge in [0.1, 0.15) is 5.71 Å². The zero-order chi connectivity index (χ0) is 31.3. The summed E-state index contributed by atoms with van der Waals surface area (Å²) in [5.74, 6) is 3.68. The van der Waals surface area contributed by atoms with Gasteiger partial charge in [-0.1, -0.05) is 82.8 Å². The van der Waals surface area contributed by atoms with E-state index >= 15 is 0 Å². The monoisotopic (exact) mass is 623 g/mol. The Bertz CT molecular complexity index is 3330. The summed E-state index contributed by atoms with van der Waals surface area (Å²) in [4.78, 5) is 16.8. The summed E-state index contributed by atoms with van der Waals surface area (Å²) in [7, 11) is 0. The first-order valence-electron chi connectivity index (χ1n) is 16.7. The Balaban J connectivity index is 1.30. The second-order valence-corrected chi connectivity index (χ2v) is 13.7. The van der Waals surface area contributed by atoms with Crippen molar-refractivity contribution in [2.75, 3.05) is 0 Å². The second-order valence-electron chi connectivity index (χ2n) is 13.7. The van der Waals surface area contributed by atoms with Crippen molar-refractivity contribution in [1.82, 2.24) is 9.13 Å². The molecule has 0 saturated carbocycles. The van der Waals surface area contributed by atoms with Crippen molar-refractivity contribution in [3.63, 3.8) is 0 Å². The van der Waals surface area contributed by atoms with Crippen LogP contribution in [-0.4, -0.2) is 41.5 Å². The van der Waals surface area contributed by atoms with E-state index in [-0.39, 0.29) is 0 Å². The van der Waals surface area contributed by atoms with Crippen molar-refractivity contribution >= 4 is 84.0 Å². The summed E-state index contributed by atoms with van der Waals surface area (Å²) < 4.78 is 9.76. The van der Waals surface area contributed by atoms with Gasteiger partial charge >= 0.3 is 11.7 Å². The van der Waals surface area contributed by atoms with Gasteiger partial charge in [0.05, 0.1) is 27.4 Å². The van der Waals surface area contributed by atoms with Crippen LogP contribution in [0.2, 0.25) is 0 Å². The number of hydrogen-bond donors (Lipinski definition) is 0. The lowest BCUT2D eigenvalue weighted by Crippen LogP contribution is -2.71. The second kappa shape index (κ2) is 7.37. The summed E-state index contributed by atoms with van der Waals surface area (Å²) in [5, 5.41) is 10.5. The van der Waals surface area contributed by atoms with Gasteiger partial charge in [-0.25, -0.2) is 4.57 Å². The molecule has 2 aromatic heterocycles. The van der Waals surface area contributed by atoms with Crippen LogP contribution in [-0.2, 0) is 5.91 Å². The first-order chi connectivity index (χ1) is 24.3. The Hall–Kier alpha value is -6.73. The lowest BCUT2D eigenvalue weighted by atomic mass is 10.0. The standard InChI is InChI=1S/C42H21N7/c1-2-10-23-18-31-30(17-22(23)9-1)35-21-34-26-13-5-6-14-27(26)36-43-37-28-15-7-8-16-29(28)38-44-40-32-19-24-11-3-4-12-25(24)20-33(32)41-45-39(31)47(35)42(46(34)36,48(37)38)49(40)41/h1-21H/q+2. The van der Waals surface area contributed by atoms with Gasteiger partial charge in [0, 0.05) is 27.8 Å². The fourth-order valence-electron chi connectivity index (χ4n) is 9.57. The summed E-state index contributed by atoms with van der Waals surface area (Å²) in [6.45, 7) is 0. The predicted octanol–water partition coefficient (Wildman–Crippen LogP) is 6.22. The van der Waals surface area contributed by atoms with E-state index in [1.807, 2.05) is 0 Å². The highest BCUT2D eigenvalue weighted by Crippen LogP contribution is 2.52. The van der Waals surface area contributed by atoms with E-state index in [4.69, 9.17) is 15.0 Å². The van der Waals surface area contributed by atoms with E-state index in [0.29, 0.717) is 0 Å². The van der Waals surface area contributed by atoms with E-state index in [2.05, 4.69) is 146 Å². The largest absolute Gasteiger partial charge is 0.423 e. The molecule has 0 bridgehead atoms. The van der Waals surface area contributed by atoms with E-state index < -0.39 is 5.91 Å². The Morgan fingerprint density at radius 3 is 1.76 bits per heavy atom. The Morgan fingerprint density at radius 1 is 0.469 bits per heavy atom. The molecule has 0 aliphatic carbocycles. The van der Waals surface area contributed by atoms with E-state index in [1.54, 1.807) is 0 Å². The van der Waals surface area contributed by atoms with Gasteiger partial charge in [-0.15, -0.1) is 9.15 Å². The highest BCUT2D eigenvalue weighted by Gasteiger charge is 2.69. The number of rotatable bonds is 0. The number of fused-ring (bicyclic) bond motifs is 14. The Morgan fingerprint density at radius 2 is 1.04 bits per heavy atom. The molecule has 0 amide bonds. The van der Waals surface area contributed by atoms with Crippen LogP contribution in [0.5, 0.6) is 0 Å². The molecule has 0 N–H and O–H groups in total. The number of benzene rings is 6. The molecule has 6 aromatic carbocycles. The first-order valence-corrected chi connectivity index (χ1v) is 16.7. The summed E-state index contributed by atoms with van der Waals surface area (Å²) in [5.41, 5.74) is 6.61. The van der Waals surface area contributed by atoms with Gasteiger partial charge in [-0.05, 0) is 75.1 Å². The minimum Gasteiger partial charge on any atom is -0.217 e. The van der Waals surface area contributed by atoms with Crippen LogP contribution in [0.4, 0.5) is 11.6 Å². The summed E-state index contributed by atoms with van der Waals surface area (Å²) >= 11 is 0. The number of amidine groups is 3. The molecule has 6 aliphatic rings. The minimum absolute atomic E-state index is 0.916. The van der Waals surface area contributed by atoms with Crippen LogP contribution in [0.15, 0.2) is 136 Å². The normalized spacial score (nSPS) is 19.5. The molecule has 0 saturated heterocycles. The molecular weight excluding hydrogens is 603 g/mol. The molecule has 49 heavy (non-hydrogen) atoms. The third-order valence-electron chi connectivity index (χ3n) is 11.5. The van der Waals surface area contributed by atoms with Gasteiger partial charge in [0.25, 0.3) is 17.5 Å². The third kappa shape index (κ3) is 2.33. The molecule has 1 spiro atoms. The fraction of sp³-hybridized carbons (Fsp3) is 0.0238. The van der Waals surface area contributed by atoms with Crippen molar-refractivity contribution < 1.29 is 9.15 Å². The number of hydrogen-bond acceptors (Lipinski definition) is 3. The zero-order valence-electron chi connectivity index (χ0n) is 25.8.